The van der Waals surface area contributed by atoms with Crippen LogP contribution in [0, 0.1) is 13.8 Å². The highest BCUT2D eigenvalue weighted by atomic mass is 32.1. The zero-order valence-corrected chi connectivity index (χ0v) is 12.0. The van der Waals surface area contributed by atoms with Crippen LogP contribution in [0.15, 0.2) is 24.3 Å². The molecule has 1 heterocycles. The summed E-state index contributed by atoms with van der Waals surface area (Å²) in [5, 5.41) is 13.1. The van der Waals surface area contributed by atoms with Crippen molar-refractivity contribution in [3.05, 3.63) is 39.8 Å². The minimum Gasteiger partial charge on any atom is -0.491 e. The number of benzene rings is 1. The monoisotopic (exact) mass is 278 g/mol. The number of anilines is 1. The Balaban J connectivity index is 1.91. The first-order valence-electron chi connectivity index (χ1n) is 6.19. The molecule has 0 radical (unpaired) electrons. The van der Waals surface area contributed by atoms with Gasteiger partial charge in [0, 0.05) is 10.6 Å². The number of hydrogen-bond donors (Lipinski definition) is 2. The quantitative estimate of drug-likeness (QED) is 0.853. The van der Waals surface area contributed by atoms with Crippen LogP contribution in [0.4, 0.5) is 5.69 Å². The van der Waals surface area contributed by atoms with Gasteiger partial charge in [-0.15, -0.1) is 11.3 Å². The summed E-state index contributed by atoms with van der Waals surface area (Å²) in [4.78, 5) is 5.67. The van der Waals surface area contributed by atoms with E-state index >= 15 is 0 Å². The molecule has 0 atom stereocenters. The summed E-state index contributed by atoms with van der Waals surface area (Å²) >= 11 is 1.72. The molecule has 2 N–H and O–H groups in total. The lowest BCUT2D eigenvalue weighted by molar-refractivity contribution is 0.201. The Morgan fingerprint density at radius 2 is 2.00 bits per heavy atom. The van der Waals surface area contributed by atoms with Gasteiger partial charge < -0.3 is 15.2 Å². The van der Waals surface area contributed by atoms with Crippen molar-refractivity contribution in [1.82, 2.24) is 4.98 Å². The molecule has 0 unspecified atom stereocenters. The van der Waals surface area contributed by atoms with E-state index in [1.54, 1.807) is 11.3 Å². The zero-order chi connectivity index (χ0) is 13.7. The Hall–Kier alpha value is -1.59. The number of rotatable bonds is 6. The molecule has 5 heteroatoms. The molecule has 0 bridgehead atoms. The maximum atomic E-state index is 8.68. The van der Waals surface area contributed by atoms with E-state index in [1.807, 2.05) is 38.1 Å². The van der Waals surface area contributed by atoms with Crippen molar-refractivity contribution in [2.24, 2.45) is 0 Å². The number of thiazole rings is 1. The lowest BCUT2D eigenvalue weighted by atomic mass is 10.3. The average molecular weight is 278 g/mol. The van der Waals surface area contributed by atoms with Gasteiger partial charge in [0.05, 0.1) is 23.9 Å². The Bertz CT molecular complexity index is 523. The first kappa shape index (κ1) is 13.8. The number of ether oxygens (including phenoxy) is 1. The van der Waals surface area contributed by atoms with Gasteiger partial charge in [-0.25, -0.2) is 4.98 Å². The predicted octanol–water partition coefficient (Wildman–Crippen LogP) is 2.74. The molecular weight excluding hydrogens is 260 g/mol. The molecule has 0 aliphatic heterocycles. The second-order valence-corrected chi connectivity index (χ2v) is 5.48. The number of aliphatic hydroxyl groups is 1. The normalized spacial score (nSPS) is 10.5. The van der Waals surface area contributed by atoms with E-state index in [1.165, 1.54) is 4.88 Å². The van der Waals surface area contributed by atoms with Gasteiger partial charge in [-0.05, 0) is 38.1 Å². The van der Waals surface area contributed by atoms with Crippen molar-refractivity contribution in [3.8, 4) is 5.75 Å². The molecule has 0 aliphatic rings. The number of nitrogens with one attached hydrogen (secondary N) is 1. The first-order valence-corrected chi connectivity index (χ1v) is 7.01. The smallest absolute Gasteiger partial charge is 0.119 e. The molecule has 1 aromatic carbocycles. The molecule has 0 saturated heterocycles. The highest BCUT2D eigenvalue weighted by Crippen LogP contribution is 2.20. The third kappa shape index (κ3) is 3.94. The minimum atomic E-state index is 0.0318. The third-order valence-electron chi connectivity index (χ3n) is 2.67. The van der Waals surface area contributed by atoms with Gasteiger partial charge >= 0.3 is 0 Å². The van der Waals surface area contributed by atoms with Gasteiger partial charge in [-0.1, -0.05) is 0 Å². The van der Waals surface area contributed by atoms with Crippen LogP contribution in [0.1, 0.15) is 15.6 Å². The van der Waals surface area contributed by atoms with Crippen molar-refractivity contribution >= 4 is 17.0 Å². The van der Waals surface area contributed by atoms with Gasteiger partial charge in [0.15, 0.2) is 0 Å². The number of aliphatic hydroxyl groups excluding tert-OH is 1. The van der Waals surface area contributed by atoms with E-state index in [4.69, 9.17) is 9.84 Å². The molecule has 0 aliphatic carbocycles. The van der Waals surface area contributed by atoms with Crippen LogP contribution in [0.3, 0.4) is 0 Å². The molecule has 2 aromatic rings. The summed E-state index contributed by atoms with van der Waals surface area (Å²) in [5.74, 6) is 0.768. The van der Waals surface area contributed by atoms with E-state index in [0.717, 1.165) is 28.7 Å². The van der Waals surface area contributed by atoms with Crippen LogP contribution in [0.25, 0.3) is 0 Å². The van der Waals surface area contributed by atoms with Crippen LogP contribution < -0.4 is 10.1 Å². The largest absolute Gasteiger partial charge is 0.491 e. The molecule has 2 rings (SSSR count). The van der Waals surface area contributed by atoms with E-state index in [-0.39, 0.29) is 6.61 Å². The van der Waals surface area contributed by atoms with E-state index in [2.05, 4.69) is 10.3 Å². The zero-order valence-electron chi connectivity index (χ0n) is 11.1. The SMILES string of the molecule is Cc1nc(C)c(CNc2ccc(OCCO)cc2)s1. The summed E-state index contributed by atoms with van der Waals surface area (Å²) in [5.41, 5.74) is 2.14. The van der Waals surface area contributed by atoms with Crippen molar-refractivity contribution in [3.63, 3.8) is 0 Å². The fourth-order valence-electron chi connectivity index (χ4n) is 1.75. The molecule has 102 valence electrons. The Morgan fingerprint density at radius 1 is 1.26 bits per heavy atom. The number of hydrogen-bond acceptors (Lipinski definition) is 5. The van der Waals surface area contributed by atoms with Crippen LogP contribution >= 0.6 is 11.3 Å². The van der Waals surface area contributed by atoms with Crippen molar-refractivity contribution in [1.29, 1.82) is 0 Å². The van der Waals surface area contributed by atoms with Crippen LogP contribution in [-0.2, 0) is 6.54 Å². The van der Waals surface area contributed by atoms with Crippen molar-refractivity contribution in [2.45, 2.75) is 20.4 Å². The topological polar surface area (TPSA) is 54.4 Å². The first-order chi connectivity index (χ1) is 9.19. The fourth-order valence-corrected chi connectivity index (χ4v) is 2.63. The molecule has 0 amide bonds. The lowest BCUT2D eigenvalue weighted by Crippen LogP contribution is -2.02. The summed E-state index contributed by atoms with van der Waals surface area (Å²) in [6, 6.07) is 7.72. The summed E-state index contributed by atoms with van der Waals surface area (Å²) in [7, 11) is 0. The molecule has 1 aromatic heterocycles. The molecule has 0 saturated carbocycles. The maximum absolute atomic E-state index is 8.68. The Morgan fingerprint density at radius 3 is 2.58 bits per heavy atom. The Kier molecular flexibility index (Phi) is 4.76. The summed E-state index contributed by atoms with van der Waals surface area (Å²) in [6.45, 7) is 5.20. The van der Waals surface area contributed by atoms with Gasteiger partial charge in [0.25, 0.3) is 0 Å². The third-order valence-corrected chi connectivity index (χ3v) is 3.74. The van der Waals surface area contributed by atoms with E-state index in [9.17, 15) is 0 Å². The van der Waals surface area contributed by atoms with E-state index < -0.39 is 0 Å². The number of aromatic nitrogens is 1. The van der Waals surface area contributed by atoms with E-state index in [0.29, 0.717) is 6.61 Å². The van der Waals surface area contributed by atoms with Crippen LogP contribution in [0.5, 0.6) is 5.75 Å². The summed E-state index contributed by atoms with van der Waals surface area (Å²) in [6.07, 6.45) is 0. The standard InChI is InChI=1S/C14H18N2O2S/c1-10-14(19-11(2)16-10)9-15-12-3-5-13(6-4-12)18-8-7-17/h3-6,15,17H,7-9H2,1-2H3. The number of nitrogens with zero attached hydrogens (tertiary/aromatic N) is 1. The molecular formula is C14H18N2O2S. The van der Waals surface area contributed by atoms with Crippen LogP contribution in [0.2, 0.25) is 0 Å². The molecule has 4 nitrogen and oxygen atoms in total. The maximum Gasteiger partial charge on any atom is 0.119 e. The molecule has 0 spiro atoms. The lowest BCUT2D eigenvalue weighted by Gasteiger charge is -2.07. The molecule has 19 heavy (non-hydrogen) atoms. The van der Waals surface area contributed by atoms with Gasteiger partial charge in [0.1, 0.15) is 12.4 Å². The van der Waals surface area contributed by atoms with Gasteiger partial charge in [-0.2, -0.15) is 0 Å². The highest BCUT2D eigenvalue weighted by molar-refractivity contribution is 7.11. The average Bonchev–Trinajstić information content (AvgIpc) is 2.73. The number of aryl methyl sites for hydroxylation is 2. The minimum absolute atomic E-state index is 0.0318. The van der Waals surface area contributed by atoms with Crippen LogP contribution in [-0.4, -0.2) is 23.3 Å². The Labute approximate surface area is 117 Å². The summed E-state index contributed by atoms with van der Waals surface area (Å²) < 4.78 is 5.31. The van der Waals surface area contributed by atoms with Crippen molar-refractivity contribution in [2.75, 3.05) is 18.5 Å². The molecule has 0 fully saturated rings. The second-order valence-electron chi connectivity index (χ2n) is 4.19. The predicted molar refractivity (Wildman–Crippen MR) is 77.9 cm³/mol. The highest BCUT2D eigenvalue weighted by Gasteiger charge is 2.04. The van der Waals surface area contributed by atoms with Crippen molar-refractivity contribution < 1.29 is 9.84 Å². The van der Waals surface area contributed by atoms with Gasteiger partial charge in [-0.3, -0.25) is 0 Å². The second kappa shape index (κ2) is 6.54. The fraction of sp³-hybridized carbons (Fsp3) is 0.357. The van der Waals surface area contributed by atoms with Gasteiger partial charge in [0.2, 0.25) is 0 Å².